The van der Waals surface area contributed by atoms with Crippen LogP contribution in [0.2, 0.25) is 0 Å². The summed E-state index contributed by atoms with van der Waals surface area (Å²) < 4.78 is 14.0. The number of carboxylic acid groups (broad SMARTS) is 1. The topological polar surface area (TPSA) is 89.7 Å². The molecule has 6 rings (SSSR count). The molecule has 2 fully saturated rings. The average molecular weight is 525 g/mol. The minimum atomic E-state index is -1.03. The lowest BCUT2D eigenvalue weighted by Crippen LogP contribution is -2.19. The van der Waals surface area contributed by atoms with Crippen molar-refractivity contribution in [2.75, 3.05) is 19.7 Å². The van der Waals surface area contributed by atoms with E-state index in [-0.39, 0.29) is 11.8 Å². The fourth-order valence-electron chi connectivity index (χ4n) is 5.31. The lowest BCUT2D eigenvalue weighted by molar-refractivity contribution is -0.0367. The molecule has 0 aliphatic carbocycles. The molecule has 2 aromatic carbocycles. The van der Waals surface area contributed by atoms with Gasteiger partial charge in [0, 0.05) is 30.8 Å². The number of ether oxygens (including phenoxy) is 2. The molecule has 39 heavy (non-hydrogen) atoms. The van der Waals surface area contributed by atoms with E-state index in [1.54, 1.807) is 18.2 Å². The molecule has 2 aromatic heterocycles. The van der Waals surface area contributed by atoms with Crippen LogP contribution in [0.5, 0.6) is 11.5 Å². The zero-order valence-electron chi connectivity index (χ0n) is 21.8. The molecule has 4 heterocycles. The molecule has 1 unspecified atom stereocenters. The van der Waals surface area contributed by atoms with Gasteiger partial charge in [0.25, 0.3) is 0 Å². The highest BCUT2D eigenvalue weighted by Gasteiger charge is 2.21. The van der Waals surface area contributed by atoms with E-state index in [2.05, 4.69) is 22.0 Å². The Morgan fingerprint density at radius 1 is 1.05 bits per heavy atom. The number of hydrogen-bond donors (Lipinski definition) is 1. The van der Waals surface area contributed by atoms with Crippen molar-refractivity contribution in [3.63, 3.8) is 0 Å². The van der Waals surface area contributed by atoms with Gasteiger partial charge in [-0.05, 0) is 93.2 Å². The van der Waals surface area contributed by atoms with Gasteiger partial charge in [0.2, 0.25) is 0 Å². The van der Waals surface area contributed by atoms with E-state index in [0.29, 0.717) is 18.1 Å². The summed E-state index contributed by atoms with van der Waals surface area (Å²) in [5.74, 6) is -0.194. The Bertz CT molecular complexity index is 1480. The monoisotopic (exact) mass is 524 g/mol. The molecule has 0 saturated carbocycles. The molecule has 0 spiro atoms. The highest BCUT2D eigenvalue weighted by Crippen LogP contribution is 2.33. The molecule has 4 aromatic rings. The third kappa shape index (κ3) is 5.72. The number of carbonyl (C=O) groups is 1. The third-order valence-electron chi connectivity index (χ3n) is 7.35. The number of carboxylic acids is 1. The molecule has 8 heteroatoms. The highest BCUT2D eigenvalue weighted by molar-refractivity contribution is 5.92. The molecule has 0 bridgehead atoms. The van der Waals surface area contributed by atoms with Crippen LogP contribution in [0.25, 0.3) is 23.1 Å². The van der Waals surface area contributed by atoms with E-state index in [0.717, 1.165) is 48.1 Å². The van der Waals surface area contributed by atoms with Crippen LogP contribution in [0.4, 0.5) is 0 Å². The Hall–Kier alpha value is -4.01. The molecule has 0 amide bonds. The van der Waals surface area contributed by atoms with Crippen LogP contribution in [0, 0.1) is 0 Å². The van der Waals surface area contributed by atoms with E-state index in [9.17, 15) is 9.90 Å². The summed E-state index contributed by atoms with van der Waals surface area (Å²) in [5.41, 5.74) is 3.92. The average Bonchev–Trinajstić information content (AvgIpc) is 3.61. The minimum absolute atomic E-state index is 0.115. The Kier molecular flexibility index (Phi) is 7.38. The Morgan fingerprint density at radius 3 is 2.69 bits per heavy atom. The number of nitrogens with zero attached hydrogens (tertiary/aromatic N) is 4. The number of fused-ring (bicyclic) bond motifs is 1. The van der Waals surface area contributed by atoms with Crippen LogP contribution in [0.3, 0.4) is 0 Å². The van der Waals surface area contributed by atoms with Gasteiger partial charge < -0.3 is 14.6 Å². The molecule has 0 radical (unpaired) electrons. The molecule has 1 atom stereocenters. The van der Waals surface area contributed by atoms with Crippen LogP contribution in [-0.2, 0) is 11.3 Å². The summed E-state index contributed by atoms with van der Waals surface area (Å²) in [4.78, 5) is 18.8. The molecular formula is C31H32N4O4. The number of benzene rings is 2. The Balaban J connectivity index is 1.29. The Labute approximate surface area is 227 Å². The standard InChI is InChI=1S/C31H32N4O4/c36-31(37)26-7-1-2-8-29(26)39-24-13-14-25-27(33-35(28(25)19-24)30-9-3-6-18-38-30)15-12-23-11-10-22(20-32-23)21-34-16-4-5-17-34/h1-2,7-8,10-15,19-20,30H,3-6,9,16-18,21H2,(H,36,37)/b15-12+. The first-order valence-electron chi connectivity index (χ1n) is 13.6. The fraction of sp³-hybridized carbons (Fsp3) is 0.323. The van der Waals surface area contributed by atoms with Crippen molar-refractivity contribution >= 4 is 29.0 Å². The number of para-hydroxylation sites is 1. The molecule has 1 N–H and O–H groups in total. The zero-order valence-corrected chi connectivity index (χ0v) is 21.8. The van der Waals surface area contributed by atoms with Crippen LogP contribution in [0.1, 0.15) is 65.6 Å². The summed E-state index contributed by atoms with van der Waals surface area (Å²) in [5, 5.41) is 15.4. The fourth-order valence-corrected chi connectivity index (χ4v) is 5.31. The highest BCUT2D eigenvalue weighted by atomic mass is 16.5. The number of aromatic nitrogens is 3. The SMILES string of the molecule is O=C(O)c1ccccc1Oc1ccc2c(/C=C/c3ccc(CN4CCCC4)cn3)nn(C3CCCCO3)c2c1. The zero-order chi connectivity index (χ0) is 26.6. The van der Waals surface area contributed by atoms with Crippen molar-refractivity contribution in [3.05, 3.63) is 83.3 Å². The number of pyridine rings is 1. The van der Waals surface area contributed by atoms with Crippen molar-refractivity contribution in [2.24, 2.45) is 0 Å². The minimum Gasteiger partial charge on any atom is -0.478 e. The van der Waals surface area contributed by atoms with Gasteiger partial charge in [0.05, 0.1) is 16.9 Å². The lowest BCUT2D eigenvalue weighted by atomic mass is 10.1. The smallest absolute Gasteiger partial charge is 0.339 e. The lowest BCUT2D eigenvalue weighted by Gasteiger charge is -2.23. The first-order valence-corrected chi connectivity index (χ1v) is 13.6. The predicted molar refractivity (Wildman–Crippen MR) is 150 cm³/mol. The number of hydrogen-bond acceptors (Lipinski definition) is 6. The van der Waals surface area contributed by atoms with Crippen molar-refractivity contribution in [1.29, 1.82) is 0 Å². The van der Waals surface area contributed by atoms with Crippen LogP contribution in [-0.4, -0.2) is 50.4 Å². The number of aromatic carboxylic acids is 1. The summed E-state index contributed by atoms with van der Waals surface area (Å²) in [6.45, 7) is 3.99. The van der Waals surface area contributed by atoms with Crippen molar-refractivity contribution in [1.82, 2.24) is 19.7 Å². The van der Waals surface area contributed by atoms with Gasteiger partial charge in [0.15, 0.2) is 6.23 Å². The van der Waals surface area contributed by atoms with Gasteiger partial charge in [0.1, 0.15) is 17.1 Å². The van der Waals surface area contributed by atoms with Gasteiger partial charge in [-0.3, -0.25) is 9.88 Å². The Morgan fingerprint density at radius 2 is 1.92 bits per heavy atom. The van der Waals surface area contributed by atoms with E-state index < -0.39 is 5.97 Å². The maximum atomic E-state index is 11.6. The molecule has 2 aliphatic rings. The summed E-state index contributed by atoms with van der Waals surface area (Å²) in [6, 6.07) is 16.6. The summed E-state index contributed by atoms with van der Waals surface area (Å²) in [7, 11) is 0. The molecule has 200 valence electrons. The van der Waals surface area contributed by atoms with Crippen LogP contribution >= 0.6 is 0 Å². The third-order valence-corrected chi connectivity index (χ3v) is 7.35. The van der Waals surface area contributed by atoms with E-state index in [1.165, 1.54) is 37.6 Å². The summed E-state index contributed by atoms with van der Waals surface area (Å²) >= 11 is 0. The number of rotatable bonds is 8. The second-order valence-corrected chi connectivity index (χ2v) is 10.1. The first kappa shape index (κ1) is 25.3. The van der Waals surface area contributed by atoms with Gasteiger partial charge in [-0.25, -0.2) is 9.48 Å². The molecule has 8 nitrogen and oxygen atoms in total. The van der Waals surface area contributed by atoms with Crippen molar-refractivity contribution in [2.45, 2.75) is 44.9 Å². The van der Waals surface area contributed by atoms with E-state index >= 15 is 0 Å². The maximum Gasteiger partial charge on any atom is 0.339 e. The largest absolute Gasteiger partial charge is 0.478 e. The van der Waals surface area contributed by atoms with Crippen molar-refractivity contribution in [3.8, 4) is 11.5 Å². The van der Waals surface area contributed by atoms with Crippen molar-refractivity contribution < 1.29 is 19.4 Å². The molecule has 2 aliphatic heterocycles. The number of likely N-dealkylation sites (tertiary alicyclic amines) is 1. The van der Waals surface area contributed by atoms with E-state index in [4.69, 9.17) is 14.6 Å². The van der Waals surface area contributed by atoms with Gasteiger partial charge in [-0.1, -0.05) is 18.2 Å². The molecular weight excluding hydrogens is 492 g/mol. The van der Waals surface area contributed by atoms with Gasteiger partial charge in [-0.2, -0.15) is 5.10 Å². The predicted octanol–water partition coefficient (Wildman–Crippen LogP) is 6.39. The quantitative estimate of drug-likeness (QED) is 0.286. The first-order chi connectivity index (χ1) is 19.1. The van der Waals surface area contributed by atoms with Crippen LogP contribution < -0.4 is 4.74 Å². The van der Waals surface area contributed by atoms with E-state index in [1.807, 2.05) is 41.2 Å². The van der Waals surface area contributed by atoms with Gasteiger partial charge in [-0.15, -0.1) is 0 Å². The van der Waals surface area contributed by atoms with Gasteiger partial charge >= 0.3 is 5.97 Å². The normalized spacial score (nSPS) is 18.2. The molecule has 2 saturated heterocycles. The summed E-state index contributed by atoms with van der Waals surface area (Å²) in [6.07, 6.45) is 11.3. The maximum absolute atomic E-state index is 11.6. The second-order valence-electron chi connectivity index (χ2n) is 10.1. The second kappa shape index (κ2) is 11.4. The van der Waals surface area contributed by atoms with Crippen LogP contribution in [0.15, 0.2) is 60.8 Å².